The molecule has 7 heteroatoms. The fourth-order valence-corrected chi connectivity index (χ4v) is 1.72. The van der Waals surface area contributed by atoms with Gasteiger partial charge in [0, 0.05) is 18.3 Å². The lowest BCUT2D eigenvalue weighted by atomic mass is 10.2. The molecule has 0 radical (unpaired) electrons. The average molecular weight is 267 g/mol. The molecule has 1 N–H and O–H groups in total. The Kier molecular flexibility index (Phi) is 4.80. The largest absolute Gasteiger partial charge is 0.480 e. The number of hydrogen-bond donors (Lipinski definition) is 1. The SMILES string of the molecule is Cc1cnc(N(CC(=O)O)CC(C)C)cc1[N+](=O)[O-]. The smallest absolute Gasteiger partial charge is 0.323 e. The average Bonchev–Trinajstić information content (AvgIpc) is 2.27. The van der Waals surface area contributed by atoms with Gasteiger partial charge in [0.2, 0.25) is 0 Å². The van der Waals surface area contributed by atoms with Gasteiger partial charge in [-0.3, -0.25) is 14.9 Å². The van der Waals surface area contributed by atoms with Crippen LogP contribution in [0, 0.1) is 23.0 Å². The van der Waals surface area contributed by atoms with Crippen LogP contribution in [0.15, 0.2) is 12.3 Å². The third-order valence-electron chi connectivity index (χ3n) is 2.49. The van der Waals surface area contributed by atoms with Gasteiger partial charge in [-0.1, -0.05) is 13.8 Å². The summed E-state index contributed by atoms with van der Waals surface area (Å²) in [4.78, 5) is 26.9. The Balaban J connectivity index is 3.11. The number of pyridine rings is 1. The Morgan fingerprint density at radius 1 is 1.58 bits per heavy atom. The van der Waals surface area contributed by atoms with E-state index in [4.69, 9.17) is 5.11 Å². The molecule has 1 rings (SSSR count). The molecule has 0 fully saturated rings. The summed E-state index contributed by atoms with van der Waals surface area (Å²) in [6.45, 7) is 5.72. The van der Waals surface area contributed by atoms with Crippen LogP contribution in [0.1, 0.15) is 19.4 Å². The molecule has 1 aromatic rings. The molecule has 0 saturated carbocycles. The topological polar surface area (TPSA) is 96.6 Å². The summed E-state index contributed by atoms with van der Waals surface area (Å²) in [5, 5.41) is 19.8. The first-order valence-corrected chi connectivity index (χ1v) is 5.89. The van der Waals surface area contributed by atoms with Crippen molar-refractivity contribution in [3.05, 3.63) is 27.9 Å². The summed E-state index contributed by atoms with van der Waals surface area (Å²) in [6.07, 6.45) is 1.39. The van der Waals surface area contributed by atoms with Gasteiger partial charge in [0.05, 0.1) is 11.0 Å². The van der Waals surface area contributed by atoms with Crippen LogP contribution in [0.5, 0.6) is 0 Å². The van der Waals surface area contributed by atoms with E-state index in [1.165, 1.54) is 17.2 Å². The summed E-state index contributed by atoms with van der Waals surface area (Å²) >= 11 is 0. The number of anilines is 1. The summed E-state index contributed by atoms with van der Waals surface area (Å²) in [6, 6.07) is 1.32. The van der Waals surface area contributed by atoms with Gasteiger partial charge in [-0.05, 0) is 12.8 Å². The molecular weight excluding hydrogens is 250 g/mol. The van der Waals surface area contributed by atoms with Crippen molar-refractivity contribution in [2.45, 2.75) is 20.8 Å². The number of aromatic nitrogens is 1. The summed E-state index contributed by atoms with van der Waals surface area (Å²) in [5.41, 5.74) is 0.401. The van der Waals surface area contributed by atoms with Crippen molar-refractivity contribution >= 4 is 17.5 Å². The highest BCUT2D eigenvalue weighted by molar-refractivity contribution is 5.73. The van der Waals surface area contributed by atoms with Crippen LogP contribution in [0.2, 0.25) is 0 Å². The Morgan fingerprint density at radius 2 is 2.21 bits per heavy atom. The maximum atomic E-state index is 10.9. The normalized spacial score (nSPS) is 10.5. The predicted octanol–water partition coefficient (Wildman–Crippen LogP) is 1.85. The number of hydrogen-bond acceptors (Lipinski definition) is 5. The van der Waals surface area contributed by atoms with Crippen LogP contribution in [0.4, 0.5) is 11.5 Å². The fourth-order valence-electron chi connectivity index (χ4n) is 1.72. The minimum Gasteiger partial charge on any atom is -0.480 e. The first kappa shape index (κ1) is 14.9. The lowest BCUT2D eigenvalue weighted by Gasteiger charge is -2.23. The third-order valence-corrected chi connectivity index (χ3v) is 2.49. The number of nitrogens with zero attached hydrogens (tertiary/aromatic N) is 3. The molecule has 0 spiro atoms. The highest BCUT2D eigenvalue weighted by Gasteiger charge is 2.18. The minimum atomic E-state index is -0.995. The lowest BCUT2D eigenvalue weighted by molar-refractivity contribution is -0.385. The van der Waals surface area contributed by atoms with E-state index in [1.54, 1.807) is 6.92 Å². The Hall–Kier alpha value is -2.18. The summed E-state index contributed by atoms with van der Waals surface area (Å²) in [7, 11) is 0. The van der Waals surface area contributed by atoms with E-state index in [9.17, 15) is 14.9 Å². The first-order valence-electron chi connectivity index (χ1n) is 5.89. The van der Waals surface area contributed by atoms with Crippen molar-refractivity contribution in [2.75, 3.05) is 18.0 Å². The summed E-state index contributed by atoms with van der Waals surface area (Å²) < 4.78 is 0. The molecule has 0 aliphatic carbocycles. The predicted molar refractivity (Wildman–Crippen MR) is 70.3 cm³/mol. The van der Waals surface area contributed by atoms with E-state index >= 15 is 0 Å². The van der Waals surface area contributed by atoms with E-state index in [1.807, 2.05) is 13.8 Å². The zero-order chi connectivity index (χ0) is 14.6. The highest BCUT2D eigenvalue weighted by atomic mass is 16.6. The number of aryl methyl sites for hydroxylation is 1. The first-order chi connectivity index (χ1) is 8.81. The molecule has 0 aliphatic heterocycles. The number of rotatable bonds is 6. The number of aliphatic carboxylic acids is 1. The lowest BCUT2D eigenvalue weighted by Crippen LogP contribution is -2.33. The molecule has 0 atom stereocenters. The number of carbonyl (C=O) groups is 1. The van der Waals surface area contributed by atoms with Crippen LogP contribution in [0.3, 0.4) is 0 Å². The Bertz CT molecular complexity index is 488. The molecular formula is C12H17N3O4. The van der Waals surface area contributed by atoms with Crippen molar-refractivity contribution < 1.29 is 14.8 Å². The van der Waals surface area contributed by atoms with Gasteiger partial charge < -0.3 is 10.0 Å². The number of carboxylic acids is 1. The molecule has 0 bridgehead atoms. The molecule has 104 valence electrons. The highest BCUT2D eigenvalue weighted by Crippen LogP contribution is 2.23. The monoisotopic (exact) mass is 267 g/mol. The van der Waals surface area contributed by atoms with Crippen molar-refractivity contribution in [3.8, 4) is 0 Å². The molecule has 0 aliphatic rings. The molecule has 0 saturated heterocycles. The van der Waals surface area contributed by atoms with Crippen LogP contribution in [-0.4, -0.2) is 34.1 Å². The molecule has 1 heterocycles. The van der Waals surface area contributed by atoms with Gasteiger partial charge in [0.25, 0.3) is 5.69 Å². The second-order valence-electron chi connectivity index (χ2n) is 4.75. The van der Waals surface area contributed by atoms with Gasteiger partial charge >= 0.3 is 5.97 Å². The maximum absolute atomic E-state index is 10.9. The van der Waals surface area contributed by atoms with Gasteiger partial charge in [-0.25, -0.2) is 4.98 Å². The quantitative estimate of drug-likeness (QED) is 0.624. The second kappa shape index (κ2) is 6.12. The van der Waals surface area contributed by atoms with E-state index in [0.717, 1.165) is 0 Å². The number of nitro groups is 1. The van der Waals surface area contributed by atoms with Crippen LogP contribution in [0.25, 0.3) is 0 Å². The molecule has 0 unspecified atom stereocenters. The van der Waals surface area contributed by atoms with Gasteiger partial charge in [-0.2, -0.15) is 0 Å². The standard InChI is InChI=1S/C12H17N3O4/c1-8(2)6-14(7-12(16)17)11-4-10(15(18)19)9(3)5-13-11/h4-5,8H,6-7H2,1-3H3,(H,16,17). The molecule has 7 nitrogen and oxygen atoms in total. The van der Waals surface area contributed by atoms with Gasteiger partial charge in [-0.15, -0.1) is 0 Å². The maximum Gasteiger partial charge on any atom is 0.323 e. The van der Waals surface area contributed by atoms with Gasteiger partial charge in [0.15, 0.2) is 0 Å². The molecule has 0 amide bonds. The van der Waals surface area contributed by atoms with E-state index < -0.39 is 10.9 Å². The molecule has 0 aromatic carbocycles. The third kappa shape index (κ3) is 4.20. The fraction of sp³-hybridized carbons (Fsp3) is 0.500. The second-order valence-corrected chi connectivity index (χ2v) is 4.75. The van der Waals surface area contributed by atoms with E-state index in [0.29, 0.717) is 17.9 Å². The van der Waals surface area contributed by atoms with Crippen LogP contribution >= 0.6 is 0 Å². The zero-order valence-electron chi connectivity index (χ0n) is 11.2. The van der Waals surface area contributed by atoms with Crippen molar-refractivity contribution in [1.29, 1.82) is 0 Å². The van der Waals surface area contributed by atoms with E-state index in [-0.39, 0.29) is 18.2 Å². The van der Waals surface area contributed by atoms with Crippen LogP contribution < -0.4 is 4.90 Å². The molecule has 1 aromatic heterocycles. The Labute approximate surface area is 111 Å². The molecule has 19 heavy (non-hydrogen) atoms. The minimum absolute atomic E-state index is 0.0517. The van der Waals surface area contributed by atoms with E-state index in [2.05, 4.69) is 4.98 Å². The zero-order valence-corrected chi connectivity index (χ0v) is 11.2. The summed E-state index contributed by atoms with van der Waals surface area (Å²) in [5.74, 6) is -0.458. The Morgan fingerprint density at radius 3 is 2.68 bits per heavy atom. The van der Waals surface area contributed by atoms with Crippen LogP contribution in [-0.2, 0) is 4.79 Å². The number of carboxylic acid groups (broad SMARTS) is 1. The van der Waals surface area contributed by atoms with Crippen molar-refractivity contribution in [3.63, 3.8) is 0 Å². The van der Waals surface area contributed by atoms with Crippen molar-refractivity contribution in [2.24, 2.45) is 5.92 Å². The van der Waals surface area contributed by atoms with Crippen molar-refractivity contribution in [1.82, 2.24) is 4.98 Å². The van der Waals surface area contributed by atoms with Gasteiger partial charge in [0.1, 0.15) is 12.4 Å².